The van der Waals surface area contributed by atoms with Crippen LogP contribution in [0, 0.1) is 5.92 Å². The van der Waals surface area contributed by atoms with Crippen LogP contribution in [0.15, 0.2) is 0 Å². The van der Waals surface area contributed by atoms with Crippen LogP contribution in [0.3, 0.4) is 0 Å². The number of rotatable bonds is 5. The molecule has 2 nitrogen and oxygen atoms in total. The van der Waals surface area contributed by atoms with Gasteiger partial charge in [0.15, 0.2) is 0 Å². The third kappa shape index (κ3) is 5.39. The summed E-state index contributed by atoms with van der Waals surface area (Å²) in [6.45, 7) is 9.21. The zero-order chi connectivity index (χ0) is 12.7. The lowest BCUT2D eigenvalue weighted by Crippen LogP contribution is -2.50. The molecule has 2 unspecified atom stereocenters. The zero-order valence-electron chi connectivity index (χ0n) is 12.3. The van der Waals surface area contributed by atoms with E-state index in [9.17, 15) is 0 Å². The smallest absolute Gasteiger partial charge is 0.0246 e. The Morgan fingerprint density at radius 2 is 1.76 bits per heavy atom. The van der Waals surface area contributed by atoms with Gasteiger partial charge in [0.2, 0.25) is 0 Å². The number of likely N-dealkylation sites (N-methyl/N-ethyl adjacent to an activating group) is 2. The molecule has 0 amide bonds. The second-order valence-corrected chi connectivity index (χ2v) is 6.06. The molecule has 1 N–H and O–H groups in total. The van der Waals surface area contributed by atoms with E-state index in [-0.39, 0.29) is 0 Å². The van der Waals surface area contributed by atoms with E-state index in [1.165, 1.54) is 45.1 Å². The Labute approximate surface area is 108 Å². The summed E-state index contributed by atoms with van der Waals surface area (Å²) in [6.07, 6.45) is 8.42. The van der Waals surface area contributed by atoms with Gasteiger partial charge in [0.25, 0.3) is 0 Å². The summed E-state index contributed by atoms with van der Waals surface area (Å²) in [6, 6.07) is 1.46. The maximum absolute atomic E-state index is 3.71. The third-order valence-electron chi connectivity index (χ3n) is 3.92. The van der Waals surface area contributed by atoms with Crippen molar-refractivity contribution in [2.24, 2.45) is 5.92 Å². The van der Waals surface area contributed by atoms with E-state index < -0.39 is 0 Å². The van der Waals surface area contributed by atoms with E-state index in [1.807, 2.05) is 0 Å². The van der Waals surface area contributed by atoms with Crippen molar-refractivity contribution >= 4 is 0 Å². The minimum Gasteiger partial charge on any atom is -0.313 e. The van der Waals surface area contributed by atoms with Crippen molar-refractivity contribution in [1.29, 1.82) is 0 Å². The van der Waals surface area contributed by atoms with Gasteiger partial charge in [0, 0.05) is 18.6 Å². The van der Waals surface area contributed by atoms with Gasteiger partial charge in [-0.05, 0) is 32.4 Å². The Morgan fingerprint density at radius 3 is 2.35 bits per heavy atom. The van der Waals surface area contributed by atoms with Crippen LogP contribution < -0.4 is 5.32 Å². The van der Waals surface area contributed by atoms with E-state index in [0.29, 0.717) is 6.04 Å². The average Bonchev–Trinajstić information content (AvgIpc) is 2.21. The lowest BCUT2D eigenvalue weighted by molar-refractivity contribution is 0.149. The van der Waals surface area contributed by atoms with Crippen LogP contribution in [0.2, 0.25) is 0 Å². The molecule has 0 bridgehead atoms. The summed E-state index contributed by atoms with van der Waals surface area (Å²) in [5.74, 6) is 0.771. The average molecular weight is 240 g/mol. The van der Waals surface area contributed by atoms with E-state index in [2.05, 4.69) is 38.0 Å². The largest absolute Gasteiger partial charge is 0.313 e. The second kappa shape index (κ2) is 8.10. The molecular weight excluding hydrogens is 208 g/mol. The summed E-state index contributed by atoms with van der Waals surface area (Å²) in [4.78, 5) is 2.60. The van der Waals surface area contributed by atoms with Crippen LogP contribution in [-0.4, -0.2) is 37.1 Å². The van der Waals surface area contributed by atoms with E-state index in [4.69, 9.17) is 0 Å². The molecule has 0 saturated heterocycles. The molecule has 0 aromatic rings. The highest BCUT2D eigenvalue weighted by Crippen LogP contribution is 2.22. The van der Waals surface area contributed by atoms with Crippen molar-refractivity contribution in [3.05, 3.63) is 0 Å². The molecule has 1 saturated carbocycles. The first-order chi connectivity index (χ1) is 8.15. The monoisotopic (exact) mass is 240 g/mol. The lowest BCUT2D eigenvalue weighted by atomic mass is 9.91. The molecule has 2 heteroatoms. The van der Waals surface area contributed by atoms with Crippen LogP contribution in [-0.2, 0) is 0 Å². The van der Waals surface area contributed by atoms with Crippen LogP contribution >= 0.6 is 0 Å². The number of hydrogen-bond donors (Lipinski definition) is 1. The van der Waals surface area contributed by atoms with Crippen molar-refractivity contribution in [1.82, 2.24) is 10.2 Å². The topological polar surface area (TPSA) is 15.3 Å². The predicted octanol–water partition coefficient (Wildman–Crippen LogP) is 3.28. The highest BCUT2D eigenvalue weighted by atomic mass is 15.2. The van der Waals surface area contributed by atoms with Gasteiger partial charge in [-0.1, -0.05) is 46.5 Å². The van der Waals surface area contributed by atoms with Crippen molar-refractivity contribution in [3.63, 3.8) is 0 Å². The van der Waals surface area contributed by atoms with Gasteiger partial charge in [-0.15, -0.1) is 0 Å². The summed E-state index contributed by atoms with van der Waals surface area (Å²) in [5, 5.41) is 3.71. The molecule has 2 atom stereocenters. The Hall–Kier alpha value is -0.0800. The summed E-state index contributed by atoms with van der Waals surface area (Å²) >= 11 is 0. The fourth-order valence-electron chi connectivity index (χ4n) is 3.20. The minimum atomic E-state index is 0.712. The summed E-state index contributed by atoms with van der Waals surface area (Å²) in [5.41, 5.74) is 0. The molecule has 0 radical (unpaired) electrons. The molecule has 0 aromatic carbocycles. The van der Waals surface area contributed by atoms with Crippen molar-refractivity contribution in [2.45, 2.75) is 71.4 Å². The molecule has 1 rings (SSSR count). The van der Waals surface area contributed by atoms with Crippen LogP contribution in [0.5, 0.6) is 0 Å². The molecule has 0 aromatic heterocycles. The Morgan fingerprint density at radius 1 is 1.12 bits per heavy atom. The maximum atomic E-state index is 3.71. The third-order valence-corrected chi connectivity index (χ3v) is 3.92. The zero-order valence-corrected chi connectivity index (χ0v) is 12.3. The van der Waals surface area contributed by atoms with Crippen LogP contribution in [0.1, 0.15) is 59.3 Å². The number of nitrogens with zero attached hydrogens (tertiary/aromatic N) is 1. The van der Waals surface area contributed by atoms with Crippen molar-refractivity contribution in [3.8, 4) is 0 Å². The molecule has 17 heavy (non-hydrogen) atoms. The summed E-state index contributed by atoms with van der Waals surface area (Å²) < 4.78 is 0. The fourth-order valence-corrected chi connectivity index (χ4v) is 3.20. The Balaban J connectivity index is 2.58. The molecule has 102 valence electrons. The standard InChI is InChI=1S/C15H32N2/c1-5-16-14-10-8-6-7-9-11-15(14)17(4)12-13(2)3/h13-16H,5-12H2,1-4H3. The first-order valence-electron chi connectivity index (χ1n) is 7.58. The predicted molar refractivity (Wildman–Crippen MR) is 76.4 cm³/mol. The molecule has 1 aliphatic rings. The van der Waals surface area contributed by atoms with Crippen molar-refractivity contribution in [2.75, 3.05) is 20.1 Å². The van der Waals surface area contributed by atoms with Crippen molar-refractivity contribution < 1.29 is 0 Å². The van der Waals surface area contributed by atoms with Gasteiger partial charge < -0.3 is 10.2 Å². The van der Waals surface area contributed by atoms with E-state index in [0.717, 1.165) is 18.5 Å². The first-order valence-corrected chi connectivity index (χ1v) is 7.58. The van der Waals surface area contributed by atoms with Crippen LogP contribution in [0.25, 0.3) is 0 Å². The number of hydrogen-bond acceptors (Lipinski definition) is 2. The molecular formula is C15H32N2. The SMILES string of the molecule is CCNC1CCCCCCC1N(C)CC(C)C. The molecule has 0 heterocycles. The minimum absolute atomic E-state index is 0.712. The second-order valence-electron chi connectivity index (χ2n) is 6.06. The molecule has 0 spiro atoms. The quantitative estimate of drug-likeness (QED) is 0.793. The normalized spacial score (nSPS) is 27.2. The van der Waals surface area contributed by atoms with Gasteiger partial charge in [-0.25, -0.2) is 0 Å². The Kier molecular flexibility index (Phi) is 7.14. The highest BCUT2D eigenvalue weighted by Gasteiger charge is 2.25. The van der Waals surface area contributed by atoms with E-state index in [1.54, 1.807) is 0 Å². The van der Waals surface area contributed by atoms with Gasteiger partial charge in [-0.3, -0.25) is 0 Å². The Bertz CT molecular complexity index is 191. The molecule has 0 aliphatic heterocycles. The van der Waals surface area contributed by atoms with Gasteiger partial charge in [0.1, 0.15) is 0 Å². The van der Waals surface area contributed by atoms with Crippen LogP contribution in [0.4, 0.5) is 0 Å². The maximum Gasteiger partial charge on any atom is 0.0246 e. The fraction of sp³-hybridized carbons (Fsp3) is 1.00. The first kappa shape index (κ1) is 15.0. The van der Waals surface area contributed by atoms with Gasteiger partial charge >= 0.3 is 0 Å². The van der Waals surface area contributed by atoms with Gasteiger partial charge in [-0.2, -0.15) is 0 Å². The molecule has 1 fully saturated rings. The molecule has 1 aliphatic carbocycles. The van der Waals surface area contributed by atoms with E-state index >= 15 is 0 Å². The lowest BCUT2D eigenvalue weighted by Gasteiger charge is -2.37. The highest BCUT2D eigenvalue weighted by molar-refractivity contribution is 4.85. The number of nitrogens with one attached hydrogen (secondary N) is 1. The van der Waals surface area contributed by atoms with Gasteiger partial charge in [0.05, 0.1) is 0 Å². The summed E-state index contributed by atoms with van der Waals surface area (Å²) in [7, 11) is 2.32.